The van der Waals surface area contributed by atoms with Crippen LogP contribution in [0.1, 0.15) is 24.2 Å². The number of aromatic nitrogens is 8. The predicted molar refractivity (Wildman–Crippen MR) is 108 cm³/mol. The molecule has 0 fully saturated rings. The third kappa shape index (κ3) is 3.18. The van der Waals surface area contributed by atoms with E-state index in [-0.39, 0.29) is 6.04 Å². The minimum absolute atomic E-state index is 0.307. The van der Waals surface area contributed by atoms with E-state index >= 15 is 0 Å². The molecule has 5 aromatic rings. The first-order valence-corrected chi connectivity index (χ1v) is 9.36. The van der Waals surface area contributed by atoms with Crippen molar-refractivity contribution in [2.75, 3.05) is 0 Å². The highest BCUT2D eigenvalue weighted by molar-refractivity contribution is 5.90. The summed E-state index contributed by atoms with van der Waals surface area (Å²) in [5, 5.41) is 22.9. The lowest BCUT2D eigenvalue weighted by Crippen LogP contribution is -2.10. The van der Waals surface area contributed by atoms with E-state index in [2.05, 4.69) is 31.3 Å². The lowest BCUT2D eigenvalue weighted by molar-refractivity contribution is 0.565. The van der Waals surface area contributed by atoms with Gasteiger partial charge in [0.15, 0.2) is 5.65 Å². The second-order valence-corrected chi connectivity index (χ2v) is 6.84. The molecular formula is C21H14FN9. The number of nitriles is 1. The zero-order valence-electron chi connectivity index (χ0n) is 16.3. The van der Waals surface area contributed by atoms with Crippen LogP contribution < -0.4 is 0 Å². The van der Waals surface area contributed by atoms with Gasteiger partial charge in [-0.15, -0.1) is 5.10 Å². The van der Waals surface area contributed by atoms with E-state index in [9.17, 15) is 9.65 Å². The Morgan fingerprint density at radius 1 is 1.13 bits per heavy atom. The average molecular weight is 411 g/mol. The Kier molecular flexibility index (Phi) is 4.41. The van der Waals surface area contributed by atoms with E-state index in [1.54, 1.807) is 47.5 Å². The maximum Gasteiger partial charge on any atom is 0.162 e. The molecule has 0 aliphatic heterocycles. The Balaban J connectivity index is 1.60. The van der Waals surface area contributed by atoms with Gasteiger partial charge in [-0.2, -0.15) is 10.4 Å². The van der Waals surface area contributed by atoms with Crippen molar-refractivity contribution in [3.8, 4) is 23.0 Å². The topological polar surface area (TPSA) is 111 Å². The molecule has 0 aliphatic carbocycles. The number of hydrogen-bond acceptors (Lipinski definition) is 7. The highest BCUT2D eigenvalue weighted by atomic mass is 19.1. The van der Waals surface area contributed by atoms with E-state index in [4.69, 9.17) is 5.10 Å². The van der Waals surface area contributed by atoms with Crippen molar-refractivity contribution in [1.82, 2.24) is 39.7 Å². The van der Waals surface area contributed by atoms with E-state index in [1.807, 2.05) is 6.92 Å². The Morgan fingerprint density at radius 3 is 2.84 bits per heavy atom. The summed E-state index contributed by atoms with van der Waals surface area (Å²) in [7, 11) is 0. The first-order chi connectivity index (χ1) is 15.2. The lowest BCUT2D eigenvalue weighted by Gasteiger charge is -2.09. The molecule has 0 aliphatic rings. The van der Waals surface area contributed by atoms with Crippen molar-refractivity contribution >= 4 is 11.0 Å². The fraction of sp³-hybridized carbons (Fsp3) is 0.0952. The quantitative estimate of drug-likeness (QED) is 0.447. The van der Waals surface area contributed by atoms with Gasteiger partial charge in [-0.3, -0.25) is 4.98 Å². The molecule has 1 atom stereocenters. The summed E-state index contributed by atoms with van der Waals surface area (Å²) in [4.78, 5) is 12.6. The number of halogens is 1. The molecule has 0 radical (unpaired) electrons. The molecule has 9 nitrogen and oxygen atoms in total. The van der Waals surface area contributed by atoms with Gasteiger partial charge < -0.3 is 0 Å². The molecule has 4 aromatic heterocycles. The monoisotopic (exact) mass is 411 g/mol. The second-order valence-electron chi connectivity index (χ2n) is 6.84. The summed E-state index contributed by atoms with van der Waals surface area (Å²) < 4.78 is 17.2. The molecule has 0 saturated heterocycles. The molecule has 4 heterocycles. The maximum absolute atomic E-state index is 14.1. The molecule has 31 heavy (non-hydrogen) atoms. The van der Waals surface area contributed by atoms with Crippen LogP contribution in [0, 0.1) is 17.1 Å². The third-order valence-corrected chi connectivity index (χ3v) is 4.92. The lowest BCUT2D eigenvalue weighted by atomic mass is 10.1. The number of nitrogens with zero attached hydrogens (tertiary/aromatic N) is 9. The molecule has 0 saturated carbocycles. The summed E-state index contributed by atoms with van der Waals surface area (Å²) in [6, 6.07) is 9.80. The van der Waals surface area contributed by atoms with Gasteiger partial charge in [0, 0.05) is 24.2 Å². The van der Waals surface area contributed by atoms with Gasteiger partial charge in [-0.25, -0.2) is 23.7 Å². The summed E-state index contributed by atoms with van der Waals surface area (Å²) in [5.74, 6) is -0.393. The average Bonchev–Trinajstić information content (AvgIpc) is 3.45. The van der Waals surface area contributed by atoms with E-state index < -0.39 is 5.82 Å². The highest BCUT2D eigenvalue weighted by Crippen LogP contribution is 2.29. The zero-order chi connectivity index (χ0) is 21.4. The summed E-state index contributed by atoms with van der Waals surface area (Å²) >= 11 is 0. The van der Waals surface area contributed by atoms with Crippen molar-refractivity contribution in [1.29, 1.82) is 5.26 Å². The van der Waals surface area contributed by atoms with Crippen LogP contribution in [0.2, 0.25) is 0 Å². The summed E-state index contributed by atoms with van der Waals surface area (Å²) in [6.45, 7) is 1.90. The smallest absolute Gasteiger partial charge is 0.162 e. The summed E-state index contributed by atoms with van der Waals surface area (Å²) in [5.41, 5.74) is 3.20. The fourth-order valence-corrected chi connectivity index (χ4v) is 3.34. The molecule has 1 unspecified atom stereocenters. The standard InChI is InChI=1S/C21H14FN9/c1-13(18-11-30(29-27-18)19-5-3-2-4-17(19)22)31-21-16(10-25-12-26-21)20(28-31)15-6-14(7-23)8-24-9-15/h2-6,8-13H,1H3. The largest absolute Gasteiger partial charge is 0.263 e. The van der Waals surface area contributed by atoms with Crippen LogP contribution in [0.5, 0.6) is 0 Å². The van der Waals surface area contributed by atoms with Crippen molar-refractivity contribution in [3.63, 3.8) is 0 Å². The number of pyridine rings is 1. The van der Waals surface area contributed by atoms with Gasteiger partial charge in [-0.05, 0) is 25.1 Å². The van der Waals surface area contributed by atoms with Gasteiger partial charge in [-0.1, -0.05) is 17.3 Å². The SMILES string of the molecule is CC(c1cn(-c2ccccc2F)nn1)n1nc(-c2cncc(C#N)c2)c2cncnc21. The van der Waals surface area contributed by atoms with E-state index in [0.29, 0.717) is 39.2 Å². The predicted octanol–water partition coefficient (Wildman–Crippen LogP) is 3.09. The van der Waals surface area contributed by atoms with Gasteiger partial charge in [0.05, 0.1) is 23.2 Å². The number of para-hydroxylation sites is 1. The molecule has 5 rings (SSSR count). The highest BCUT2D eigenvalue weighted by Gasteiger charge is 2.21. The van der Waals surface area contributed by atoms with Crippen LogP contribution in [0.3, 0.4) is 0 Å². The zero-order valence-corrected chi connectivity index (χ0v) is 16.3. The number of benzene rings is 1. The van der Waals surface area contributed by atoms with Crippen molar-refractivity contribution in [2.45, 2.75) is 13.0 Å². The molecule has 1 aromatic carbocycles. The molecule has 0 spiro atoms. The van der Waals surface area contributed by atoms with Gasteiger partial charge in [0.2, 0.25) is 0 Å². The van der Waals surface area contributed by atoms with Gasteiger partial charge in [0.25, 0.3) is 0 Å². The molecular weight excluding hydrogens is 397 g/mol. The van der Waals surface area contributed by atoms with Crippen LogP contribution in [-0.4, -0.2) is 39.7 Å². The van der Waals surface area contributed by atoms with Crippen LogP contribution in [0.4, 0.5) is 4.39 Å². The first kappa shape index (κ1) is 18.5. The Labute approximate surface area is 175 Å². The minimum Gasteiger partial charge on any atom is -0.263 e. The second kappa shape index (κ2) is 7.38. The van der Waals surface area contributed by atoms with Crippen LogP contribution in [0.15, 0.2) is 61.4 Å². The Hall–Kier alpha value is -4.52. The molecule has 0 amide bonds. The van der Waals surface area contributed by atoms with Crippen LogP contribution >= 0.6 is 0 Å². The maximum atomic E-state index is 14.1. The van der Waals surface area contributed by atoms with Crippen LogP contribution in [-0.2, 0) is 0 Å². The number of hydrogen-bond donors (Lipinski definition) is 0. The molecule has 0 bridgehead atoms. The minimum atomic E-state index is -0.393. The van der Waals surface area contributed by atoms with Crippen molar-refractivity contribution < 1.29 is 4.39 Å². The van der Waals surface area contributed by atoms with Crippen molar-refractivity contribution in [3.05, 3.63) is 78.5 Å². The van der Waals surface area contributed by atoms with Gasteiger partial charge >= 0.3 is 0 Å². The number of fused-ring (bicyclic) bond motifs is 1. The number of rotatable bonds is 4. The van der Waals surface area contributed by atoms with Gasteiger partial charge in [0.1, 0.15) is 35.3 Å². The normalized spacial score (nSPS) is 12.0. The molecule has 150 valence electrons. The Bertz CT molecular complexity index is 1450. The fourth-order valence-electron chi connectivity index (χ4n) is 3.34. The van der Waals surface area contributed by atoms with E-state index in [1.165, 1.54) is 23.3 Å². The van der Waals surface area contributed by atoms with E-state index in [0.717, 1.165) is 0 Å². The van der Waals surface area contributed by atoms with Crippen LogP contribution in [0.25, 0.3) is 28.0 Å². The summed E-state index contributed by atoms with van der Waals surface area (Å²) in [6.07, 6.45) is 7.90. The first-order valence-electron chi connectivity index (χ1n) is 9.36. The third-order valence-electron chi connectivity index (χ3n) is 4.92. The molecule has 10 heteroatoms. The molecule has 0 N–H and O–H groups in total. The van der Waals surface area contributed by atoms with Crippen molar-refractivity contribution in [2.24, 2.45) is 0 Å². The Morgan fingerprint density at radius 2 is 2.00 bits per heavy atom.